The highest BCUT2D eigenvalue weighted by molar-refractivity contribution is 6.13. The molecule has 2 aromatic rings. The first-order valence-electron chi connectivity index (χ1n) is 11.6. The van der Waals surface area contributed by atoms with Crippen LogP contribution in [0.15, 0.2) is 35.6 Å². The summed E-state index contributed by atoms with van der Waals surface area (Å²) in [6.45, 7) is 4.42. The molecule has 0 aliphatic carbocycles. The zero-order valence-corrected chi connectivity index (χ0v) is 18.9. The number of benzene rings is 1. The van der Waals surface area contributed by atoms with Crippen molar-refractivity contribution in [3.8, 4) is 0 Å². The van der Waals surface area contributed by atoms with Crippen molar-refractivity contribution in [2.75, 3.05) is 50.0 Å². The molecule has 0 spiro atoms. The molecule has 9 nitrogen and oxygen atoms in total. The molecule has 1 atom stereocenters. The Kier molecular flexibility index (Phi) is 6.04. The summed E-state index contributed by atoms with van der Waals surface area (Å²) in [5.74, 6) is 0.810. The molecule has 1 aromatic heterocycles. The van der Waals surface area contributed by atoms with Gasteiger partial charge in [0.15, 0.2) is 0 Å². The summed E-state index contributed by atoms with van der Waals surface area (Å²) in [4.78, 5) is 45.3. The molecule has 172 valence electrons. The molecule has 0 saturated carbocycles. The van der Waals surface area contributed by atoms with E-state index in [9.17, 15) is 9.59 Å². The summed E-state index contributed by atoms with van der Waals surface area (Å²) >= 11 is 0. The molecule has 4 aliphatic rings. The monoisotopic (exact) mass is 447 g/mol. The number of carbonyl (C=O) groups excluding carboxylic acids is 2. The maximum atomic E-state index is 12.8. The zero-order valence-electron chi connectivity index (χ0n) is 18.9. The lowest BCUT2D eigenvalue weighted by molar-refractivity contribution is -0.131. The molecule has 1 fully saturated rings. The number of piperazine rings is 1. The Hall–Kier alpha value is -3.33. The van der Waals surface area contributed by atoms with E-state index in [2.05, 4.69) is 49.3 Å². The van der Waals surface area contributed by atoms with Crippen LogP contribution in [0.5, 0.6) is 0 Å². The van der Waals surface area contributed by atoms with Gasteiger partial charge in [-0.2, -0.15) is 0 Å². The number of fused-ring (bicyclic) bond motifs is 8. The van der Waals surface area contributed by atoms with Crippen molar-refractivity contribution in [2.45, 2.75) is 31.7 Å². The second kappa shape index (κ2) is 9.27. The Morgan fingerprint density at radius 1 is 1.00 bits per heavy atom. The van der Waals surface area contributed by atoms with E-state index in [4.69, 9.17) is 0 Å². The minimum absolute atomic E-state index is 0.147. The highest BCUT2D eigenvalue weighted by Crippen LogP contribution is 2.36. The van der Waals surface area contributed by atoms with Crippen molar-refractivity contribution in [3.05, 3.63) is 41.7 Å². The lowest BCUT2D eigenvalue weighted by Crippen LogP contribution is -2.49. The number of nitrogens with one attached hydrogen (secondary N) is 1. The second-order valence-electron chi connectivity index (χ2n) is 8.94. The van der Waals surface area contributed by atoms with Crippen LogP contribution in [0.3, 0.4) is 0 Å². The third-order valence-corrected chi connectivity index (χ3v) is 6.55. The summed E-state index contributed by atoms with van der Waals surface area (Å²) in [6.07, 6.45) is 5.65. The van der Waals surface area contributed by atoms with Gasteiger partial charge in [-0.3, -0.25) is 14.6 Å². The van der Waals surface area contributed by atoms with Crippen molar-refractivity contribution < 1.29 is 9.59 Å². The number of aromatic nitrogens is 2. The van der Waals surface area contributed by atoms with Crippen LogP contribution in [-0.2, 0) is 16.1 Å². The Labute approximate surface area is 193 Å². The molecule has 4 bridgehead atoms. The number of hydrogen-bond acceptors (Lipinski definition) is 7. The van der Waals surface area contributed by atoms with Gasteiger partial charge < -0.3 is 20.0 Å². The van der Waals surface area contributed by atoms with Crippen LogP contribution in [0.4, 0.5) is 17.3 Å². The number of nitrogens with zero attached hydrogens (tertiary/aromatic N) is 6. The van der Waals surface area contributed by atoms with Crippen LogP contribution in [0.1, 0.15) is 36.3 Å². The fraction of sp³-hybridized carbons (Fsp3) is 0.458. The van der Waals surface area contributed by atoms with Crippen LogP contribution in [0, 0.1) is 0 Å². The highest BCUT2D eigenvalue weighted by atomic mass is 16.2. The molecule has 6 rings (SSSR count). The van der Waals surface area contributed by atoms with Crippen LogP contribution >= 0.6 is 0 Å². The Morgan fingerprint density at radius 2 is 1.82 bits per heavy atom. The van der Waals surface area contributed by atoms with Gasteiger partial charge in [-0.15, -0.1) is 0 Å². The van der Waals surface area contributed by atoms with Crippen molar-refractivity contribution in [1.82, 2.24) is 19.8 Å². The largest absolute Gasteiger partial charge is 0.353 e. The van der Waals surface area contributed by atoms with Gasteiger partial charge in [-0.25, -0.2) is 9.97 Å². The van der Waals surface area contributed by atoms with Gasteiger partial charge in [-0.05, 0) is 44.1 Å². The normalized spacial score (nSPS) is 21.9. The summed E-state index contributed by atoms with van der Waals surface area (Å²) in [7, 11) is 2.10. The topological polar surface area (TPSA) is 94.0 Å². The van der Waals surface area contributed by atoms with Crippen LogP contribution in [-0.4, -0.2) is 77.6 Å². The lowest BCUT2D eigenvalue weighted by Gasteiger charge is -2.36. The van der Waals surface area contributed by atoms with Gasteiger partial charge in [0.1, 0.15) is 23.9 Å². The zero-order chi connectivity index (χ0) is 22.8. The van der Waals surface area contributed by atoms with Gasteiger partial charge in [0.25, 0.3) is 0 Å². The fourth-order valence-electron chi connectivity index (χ4n) is 4.76. The van der Waals surface area contributed by atoms with E-state index in [-0.39, 0.29) is 11.8 Å². The molecule has 0 radical (unpaired) electrons. The van der Waals surface area contributed by atoms with E-state index in [1.54, 1.807) is 6.21 Å². The number of carbonyl (C=O) groups is 2. The Morgan fingerprint density at radius 3 is 2.67 bits per heavy atom. The summed E-state index contributed by atoms with van der Waals surface area (Å²) in [5.41, 5.74) is 2.74. The first-order chi connectivity index (χ1) is 16.1. The molecular weight excluding hydrogens is 418 g/mol. The molecule has 1 unspecified atom stereocenters. The van der Waals surface area contributed by atoms with E-state index >= 15 is 0 Å². The van der Waals surface area contributed by atoms with Gasteiger partial charge in [0.05, 0.1) is 11.3 Å². The average Bonchev–Trinajstić information content (AvgIpc) is 3.15. The van der Waals surface area contributed by atoms with E-state index < -0.39 is 5.92 Å². The second-order valence-corrected chi connectivity index (χ2v) is 8.94. The smallest absolute Gasteiger partial charge is 0.238 e. The SMILES string of the molecule is CN1CCCCC(=O)N2CCN(CC2)c2ncnc3c2C(C=Nc2cccc(c2)C1)C(=O)N3. The van der Waals surface area contributed by atoms with Gasteiger partial charge >= 0.3 is 0 Å². The first kappa shape index (κ1) is 21.5. The van der Waals surface area contributed by atoms with Gasteiger partial charge in [-0.1, -0.05) is 12.1 Å². The van der Waals surface area contributed by atoms with Crippen molar-refractivity contribution >= 4 is 35.4 Å². The Bertz CT molecular complexity index is 1080. The predicted molar refractivity (Wildman–Crippen MR) is 127 cm³/mol. The molecule has 33 heavy (non-hydrogen) atoms. The molecule has 2 amide bonds. The number of aliphatic imine (C=N–C) groups is 1. The molecule has 5 heterocycles. The number of amides is 2. The summed E-state index contributed by atoms with van der Waals surface area (Å²) in [5, 5.41) is 2.87. The third kappa shape index (κ3) is 4.59. The maximum absolute atomic E-state index is 12.8. The van der Waals surface area contributed by atoms with E-state index in [0.717, 1.165) is 48.6 Å². The fourth-order valence-corrected chi connectivity index (χ4v) is 4.76. The standard InChI is InChI=1S/C24H29N7O2/c1-29-8-3-2-7-20(32)30-9-11-31(12-10-30)23-21-19(24(33)28-22(21)26-16-27-23)14-25-18-6-4-5-17(13-18)15-29/h4-6,13-14,16,19H,2-3,7-12,15H2,1H3,(H,26,27,28,33). The Balaban J connectivity index is 1.48. The maximum Gasteiger partial charge on any atom is 0.238 e. The van der Waals surface area contributed by atoms with Crippen molar-refractivity contribution in [2.24, 2.45) is 4.99 Å². The third-order valence-electron chi connectivity index (χ3n) is 6.55. The van der Waals surface area contributed by atoms with E-state index in [0.29, 0.717) is 38.4 Å². The van der Waals surface area contributed by atoms with Crippen LogP contribution in [0.2, 0.25) is 0 Å². The quantitative estimate of drug-likeness (QED) is 0.665. The van der Waals surface area contributed by atoms with E-state index in [1.807, 2.05) is 17.0 Å². The molecule has 4 aliphatic heterocycles. The van der Waals surface area contributed by atoms with Gasteiger partial charge in [0, 0.05) is 45.4 Å². The minimum Gasteiger partial charge on any atom is -0.353 e. The molecule has 9 heteroatoms. The number of rotatable bonds is 0. The highest BCUT2D eigenvalue weighted by Gasteiger charge is 2.36. The van der Waals surface area contributed by atoms with E-state index in [1.165, 1.54) is 6.33 Å². The average molecular weight is 448 g/mol. The number of hydrogen-bond donors (Lipinski definition) is 1. The predicted octanol–water partition coefficient (Wildman–Crippen LogP) is 2.18. The minimum atomic E-state index is -0.552. The van der Waals surface area contributed by atoms with Crippen molar-refractivity contribution in [1.29, 1.82) is 0 Å². The lowest BCUT2D eigenvalue weighted by atomic mass is 10.0. The van der Waals surface area contributed by atoms with Crippen LogP contribution in [0.25, 0.3) is 0 Å². The number of anilines is 2. The summed E-state index contributed by atoms with van der Waals surface area (Å²) in [6, 6.07) is 8.08. The summed E-state index contributed by atoms with van der Waals surface area (Å²) < 4.78 is 0. The van der Waals surface area contributed by atoms with Crippen molar-refractivity contribution in [3.63, 3.8) is 0 Å². The first-order valence-corrected chi connectivity index (χ1v) is 11.6. The molecule has 1 aromatic carbocycles. The molecule has 1 saturated heterocycles. The van der Waals surface area contributed by atoms with Gasteiger partial charge in [0.2, 0.25) is 11.8 Å². The molecule has 1 N–H and O–H groups in total. The molecular formula is C24H29N7O2. The van der Waals surface area contributed by atoms with Crippen LogP contribution < -0.4 is 10.2 Å².